The Morgan fingerprint density at radius 1 is 1.44 bits per heavy atom. The summed E-state index contributed by atoms with van der Waals surface area (Å²) in [6, 6.07) is 0.0399. The van der Waals surface area contributed by atoms with Crippen molar-refractivity contribution < 1.29 is 8.42 Å². The van der Waals surface area contributed by atoms with Gasteiger partial charge in [-0.3, -0.25) is 4.68 Å². The highest BCUT2D eigenvalue weighted by atomic mass is 32.2. The van der Waals surface area contributed by atoms with Crippen molar-refractivity contribution >= 4 is 9.84 Å². The minimum atomic E-state index is -2.84. The average molecular weight is 269 g/mol. The minimum Gasteiger partial charge on any atom is -0.316 e. The van der Waals surface area contributed by atoms with Gasteiger partial charge in [-0.15, -0.1) is 0 Å². The van der Waals surface area contributed by atoms with Crippen LogP contribution in [0.3, 0.4) is 0 Å². The first-order chi connectivity index (χ1) is 8.57. The molecule has 1 aromatic rings. The van der Waals surface area contributed by atoms with Crippen LogP contribution in [0.5, 0.6) is 0 Å². The fraction of sp³-hybridized carbons (Fsp3) is 0.750. The highest BCUT2D eigenvalue weighted by molar-refractivity contribution is 7.91. The molecule has 1 N–H and O–H groups in total. The fourth-order valence-corrected chi connectivity index (χ4v) is 4.79. The molecule has 3 heterocycles. The molecule has 2 fully saturated rings. The summed E-state index contributed by atoms with van der Waals surface area (Å²) in [5.74, 6) is 1.09. The topological polar surface area (TPSA) is 64.0 Å². The smallest absolute Gasteiger partial charge is 0.152 e. The molecule has 1 aromatic heterocycles. The molecule has 0 aromatic carbocycles. The second-order valence-corrected chi connectivity index (χ2v) is 7.61. The minimum absolute atomic E-state index is 0.0399. The van der Waals surface area contributed by atoms with Gasteiger partial charge in [0.1, 0.15) is 0 Å². The molecule has 2 atom stereocenters. The zero-order valence-electron chi connectivity index (χ0n) is 10.6. The van der Waals surface area contributed by atoms with E-state index in [0.717, 1.165) is 25.2 Å². The van der Waals surface area contributed by atoms with Crippen LogP contribution >= 0.6 is 0 Å². The van der Waals surface area contributed by atoms with Gasteiger partial charge in [0.2, 0.25) is 0 Å². The molecule has 0 bridgehead atoms. The normalized spacial score (nSPS) is 30.9. The molecule has 5 nitrogen and oxygen atoms in total. The van der Waals surface area contributed by atoms with Crippen LogP contribution < -0.4 is 5.32 Å². The summed E-state index contributed by atoms with van der Waals surface area (Å²) in [6.45, 7) is 4.13. The Kier molecular flexibility index (Phi) is 2.94. The molecule has 0 saturated carbocycles. The molecule has 0 amide bonds. The summed E-state index contributed by atoms with van der Waals surface area (Å²) in [4.78, 5) is 0. The van der Waals surface area contributed by atoms with Gasteiger partial charge in [-0.1, -0.05) is 0 Å². The van der Waals surface area contributed by atoms with E-state index in [1.165, 1.54) is 5.56 Å². The Morgan fingerprint density at radius 3 is 2.89 bits per heavy atom. The summed E-state index contributed by atoms with van der Waals surface area (Å²) in [5, 5.41) is 7.79. The fourth-order valence-electron chi connectivity index (χ4n) is 3.09. The van der Waals surface area contributed by atoms with Crippen LogP contribution in [0.2, 0.25) is 0 Å². The first kappa shape index (κ1) is 12.2. The van der Waals surface area contributed by atoms with Crippen molar-refractivity contribution in [1.82, 2.24) is 15.1 Å². The predicted octanol–water partition coefficient (Wildman–Crippen LogP) is 0.628. The van der Waals surface area contributed by atoms with Gasteiger partial charge in [-0.2, -0.15) is 5.10 Å². The van der Waals surface area contributed by atoms with Crippen LogP contribution in [0.15, 0.2) is 6.20 Å². The summed E-state index contributed by atoms with van der Waals surface area (Å²) in [7, 11) is -2.84. The largest absolute Gasteiger partial charge is 0.316 e. The third-order valence-corrected chi connectivity index (χ3v) is 5.89. The summed E-state index contributed by atoms with van der Waals surface area (Å²) < 4.78 is 25.0. The molecule has 100 valence electrons. The van der Waals surface area contributed by atoms with Gasteiger partial charge in [0.15, 0.2) is 9.84 Å². The average Bonchev–Trinajstić information content (AvgIpc) is 2.98. The summed E-state index contributed by atoms with van der Waals surface area (Å²) in [5.41, 5.74) is 2.43. The van der Waals surface area contributed by atoms with Crippen molar-refractivity contribution in [2.24, 2.45) is 0 Å². The third-order valence-electron chi connectivity index (χ3n) is 4.14. The molecular formula is C12H19N3O2S. The highest BCUT2D eigenvalue weighted by Crippen LogP contribution is 2.30. The molecule has 0 aliphatic carbocycles. The number of sulfone groups is 1. The lowest BCUT2D eigenvalue weighted by Crippen LogP contribution is -2.14. The van der Waals surface area contributed by atoms with E-state index >= 15 is 0 Å². The number of aromatic nitrogens is 2. The molecule has 0 radical (unpaired) electrons. The molecule has 2 aliphatic heterocycles. The van der Waals surface area contributed by atoms with E-state index in [1.807, 2.05) is 10.9 Å². The van der Waals surface area contributed by atoms with Crippen LogP contribution in [0.4, 0.5) is 0 Å². The number of rotatable bonds is 2. The van der Waals surface area contributed by atoms with Crippen molar-refractivity contribution in [3.8, 4) is 0 Å². The van der Waals surface area contributed by atoms with Crippen molar-refractivity contribution in [1.29, 1.82) is 0 Å². The molecular weight excluding hydrogens is 250 g/mol. The molecule has 18 heavy (non-hydrogen) atoms. The Labute approximate surface area is 107 Å². The first-order valence-electron chi connectivity index (χ1n) is 6.52. The van der Waals surface area contributed by atoms with Gasteiger partial charge in [-0.05, 0) is 31.9 Å². The summed E-state index contributed by atoms with van der Waals surface area (Å²) in [6.07, 6.45) is 3.78. The number of nitrogens with one attached hydrogen (secondary N) is 1. The lowest BCUT2D eigenvalue weighted by Gasteiger charge is -2.13. The zero-order valence-corrected chi connectivity index (χ0v) is 11.4. The van der Waals surface area contributed by atoms with E-state index in [-0.39, 0.29) is 11.8 Å². The Balaban J connectivity index is 1.86. The van der Waals surface area contributed by atoms with Gasteiger partial charge < -0.3 is 5.32 Å². The monoisotopic (exact) mass is 269 g/mol. The van der Waals surface area contributed by atoms with E-state index in [4.69, 9.17) is 0 Å². The lowest BCUT2D eigenvalue weighted by atomic mass is 9.99. The van der Waals surface area contributed by atoms with Crippen molar-refractivity contribution in [3.63, 3.8) is 0 Å². The van der Waals surface area contributed by atoms with Gasteiger partial charge in [0.25, 0.3) is 0 Å². The van der Waals surface area contributed by atoms with E-state index < -0.39 is 9.84 Å². The predicted molar refractivity (Wildman–Crippen MR) is 69.5 cm³/mol. The van der Waals surface area contributed by atoms with Crippen LogP contribution in [-0.2, 0) is 9.84 Å². The van der Waals surface area contributed by atoms with Crippen molar-refractivity contribution in [2.75, 3.05) is 24.6 Å². The van der Waals surface area contributed by atoms with Gasteiger partial charge in [0.05, 0.1) is 23.7 Å². The first-order valence-corrected chi connectivity index (χ1v) is 8.34. The van der Waals surface area contributed by atoms with E-state index in [0.29, 0.717) is 18.1 Å². The maximum absolute atomic E-state index is 11.5. The van der Waals surface area contributed by atoms with Crippen LogP contribution in [0.1, 0.15) is 36.1 Å². The molecule has 2 aliphatic rings. The van der Waals surface area contributed by atoms with E-state index in [2.05, 4.69) is 17.3 Å². The molecule has 3 rings (SSSR count). The van der Waals surface area contributed by atoms with Crippen molar-refractivity contribution in [2.45, 2.75) is 31.7 Å². The SMILES string of the molecule is Cc1c(C2CCNC2)cnn1C1CCS(=O)(=O)C1. The standard InChI is InChI=1S/C12H19N3O2S/c1-9-12(10-2-4-13-6-10)7-14-15(9)11-3-5-18(16,17)8-11/h7,10-11,13H,2-6,8H2,1H3. The maximum Gasteiger partial charge on any atom is 0.152 e. The van der Waals surface area contributed by atoms with Crippen LogP contribution in [-0.4, -0.2) is 42.8 Å². The van der Waals surface area contributed by atoms with Gasteiger partial charge in [0, 0.05) is 18.2 Å². The van der Waals surface area contributed by atoms with Crippen LogP contribution in [0.25, 0.3) is 0 Å². The van der Waals surface area contributed by atoms with Crippen LogP contribution in [0, 0.1) is 6.92 Å². The Hall–Kier alpha value is -0.880. The number of hydrogen-bond donors (Lipinski definition) is 1. The van der Waals surface area contributed by atoms with Gasteiger partial charge in [-0.25, -0.2) is 8.42 Å². The number of nitrogens with zero attached hydrogens (tertiary/aromatic N) is 2. The second-order valence-electron chi connectivity index (χ2n) is 5.38. The lowest BCUT2D eigenvalue weighted by molar-refractivity contribution is 0.487. The Bertz CT molecular complexity index is 544. The molecule has 0 spiro atoms. The van der Waals surface area contributed by atoms with Gasteiger partial charge >= 0.3 is 0 Å². The maximum atomic E-state index is 11.5. The van der Waals surface area contributed by atoms with Crippen molar-refractivity contribution in [3.05, 3.63) is 17.5 Å². The third kappa shape index (κ3) is 2.07. The summed E-state index contributed by atoms with van der Waals surface area (Å²) >= 11 is 0. The Morgan fingerprint density at radius 2 is 2.28 bits per heavy atom. The molecule has 6 heteroatoms. The number of hydrogen-bond acceptors (Lipinski definition) is 4. The molecule has 2 unspecified atom stereocenters. The van der Waals surface area contributed by atoms with E-state index in [9.17, 15) is 8.42 Å². The highest BCUT2D eigenvalue weighted by Gasteiger charge is 2.31. The second kappa shape index (κ2) is 4.35. The quantitative estimate of drug-likeness (QED) is 0.855. The van der Waals surface area contributed by atoms with E-state index in [1.54, 1.807) is 0 Å². The zero-order chi connectivity index (χ0) is 12.8. The molecule has 2 saturated heterocycles.